The molecule has 0 radical (unpaired) electrons. The summed E-state index contributed by atoms with van der Waals surface area (Å²) in [7, 11) is 0.449. The number of likely N-dealkylation sites (N-methyl/N-ethyl adjacent to an activating group) is 1. The number of nitrogens with zero attached hydrogens (tertiary/aromatic N) is 1. The fraction of sp³-hybridized carbons (Fsp3) is 0.714. The van der Waals surface area contributed by atoms with E-state index >= 15 is 0 Å². The Morgan fingerprint density at radius 3 is 2.67 bits per heavy atom. The van der Waals surface area contributed by atoms with Crippen LogP contribution in [0, 0.1) is 6.92 Å². The molecule has 2 N–H and O–H groups in total. The summed E-state index contributed by atoms with van der Waals surface area (Å²) in [6, 6.07) is 2.30. The van der Waals surface area contributed by atoms with Crippen LogP contribution in [0.2, 0.25) is 0 Å². The maximum atomic E-state index is 12.4. The molecule has 1 aliphatic carbocycles. The first-order chi connectivity index (χ1) is 9.78. The first-order valence-corrected chi connectivity index (χ1v) is 9.57. The average molecular weight is 332 g/mol. The van der Waals surface area contributed by atoms with Gasteiger partial charge in [-0.25, -0.2) is 13.1 Å². The van der Waals surface area contributed by atoms with Crippen molar-refractivity contribution in [3.8, 4) is 0 Å². The van der Waals surface area contributed by atoms with Gasteiger partial charge in [0.05, 0.1) is 0 Å². The normalized spacial score (nSPS) is 17.4. The third-order valence-electron chi connectivity index (χ3n) is 3.39. The summed E-state index contributed by atoms with van der Waals surface area (Å²) in [5.41, 5.74) is 1.05. The second kappa shape index (κ2) is 6.75. The van der Waals surface area contributed by atoms with Crippen LogP contribution in [-0.4, -0.2) is 46.0 Å². The molecular formula is C14H25N3O2S2. The summed E-state index contributed by atoms with van der Waals surface area (Å²) in [5, 5.41) is 3.43. The Morgan fingerprint density at radius 2 is 2.10 bits per heavy atom. The summed E-state index contributed by atoms with van der Waals surface area (Å²) in [6.45, 7) is 5.31. The molecule has 0 spiro atoms. The Morgan fingerprint density at radius 1 is 1.43 bits per heavy atom. The van der Waals surface area contributed by atoms with Crippen LogP contribution in [0.5, 0.6) is 0 Å². The van der Waals surface area contributed by atoms with Crippen molar-refractivity contribution < 1.29 is 8.42 Å². The van der Waals surface area contributed by atoms with Crippen molar-refractivity contribution in [1.82, 2.24) is 14.9 Å². The molecule has 120 valence electrons. The van der Waals surface area contributed by atoms with Gasteiger partial charge < -0.3 is 10.2 Å². The molecular weight excluding hydrogens is 306 g/mol. The van der Waals surface area contributed by atoms with Crippen LogP contribution in [0.3, 0.4) is 0 Å². The Labute approximate surface area is 131 Å². The quantitative estimate of drug-likeness (QED) is 0.758. The molecule has 1 heterocycles. The van der Waals surface area contributed by atoms with Gasteiger partial charge in [-0.05, 0) is 52.4 Å². The lowest BCUT2D eigenvalue weighted by molar-refractivity contribution is 0.370. The van der Waals surface area contributed by atoms with E-state index < -0.39 is 10.0 Å². The first-order valence-electron chi connectivity index (χ1n) is 7.27. The molecule has 7 heteroatoms. The molecule has 0 amide bonds. The third-order valence-corrected chi connectivity index (χ3v) is 6.69. The van der Waals surface area contributed by atoms with Crippen LogP contribution >= 0.6 is 11.3 Å². The summed E-state index contributed by atoms with van der Waals surface area (Å²) in [6.07, 6.45) is 2.47. The van der Waals surface area contributed by atoms with Crippen molar-refractivity contribution in [2.24, 2.45) is 0 Å². The second-order valence-electron chi connectivity index (χ2n) is 6.11. The van der Waals surface area contributed by atoms with Gasteiger partial charge in [0.2, 0.25) is 10.0 Å². The fourth-order valence-corrected chi connectivity index (χ4v) is 5.02. The summed E-state index contributed by atoms with van der Waals surface area (Å²) < 4.78 is 28.0. The highest BCUT2D eigenvalue weighted by Crippen LogP contribution is 2.27. The van der Waals surface area contributed by atoms with E-state index in [2.05, 4.69) is 10.0 Å². The number of thiophene rings is 1. The smallest absolute Gasteiger partial charge is 0.250 e. The Kier molecular flexibility index (Phi) is 5.43. The monoisotopic (exact) mass is 331 g/mol. The molecule has 0 saturated heterocycles. The van der Waals surface area contributed by atoms with Crippen molar-refractivity contribution in [2.45, 2.75) is 49.5 Å². The Hall–Kier alpha value is -0.470. The molecule has 1 atom stereocenters. The van der Waals surface area contributed by atoms with E-state index in [4.69, 9.17) is 0 Å². The van der Waals surface area contributed by atoms with Crippen LogP contribution in [0.15, 0.2) is 10.3 Å². The predicted octanol–water partition coefficient (Wildman–Crippen LogP) is 1.54. The maximum Gasteiger partial charge on any atom is 0.250 e. The molecule has 1 aromatic rings. The Bertz CT molecular complexity index is 577. The topological polar surface area (TPSA) is 61.4 Å². The lowest BCUT2D eigenvalue weighted by atomic mass is 10.3. The standard InChI is InChI=1S/C14H25N3O2S2/c1-10-7-14(20-13(10)8-15-12-5-6-12)21(18,19)16-11(2)9-17(3)4/h7,11-12,15-16H,5-6,8-9H2,1-4H3. The zero-order chi connectivity index (χ0) is 15.6. The summed E-state index contributed by atoms with van der Waals surface area (Å²) >= 11 is 1.37. The van der Waals surface area contributed by atoms with Crippen LogP contribution in [0.25, 0.3) is 0 Å². The number of aryl methyl sites for hydroxylation is 1. The van der Waals surface area contributed by atoms with Crippen LogP contribution in [0.1, 0.15) is 30.2 Å². The molecule has 0 aliphatic heterocycles. The third kappa shape index (κ3) is 5.03. The van der Waals surface area contributed by atoms with Gasteiger partial charge in [0.15, 0.2) is 0 Å². The van der Waals surface area contributed by atoms with Gasteiger partial charge in [-0.3, -0.25) is 0 Å². The van der Waals surface area contributed by atoms with Gasteiger partial charge in [-0.1, -0.05) is 0 Å². The number of nitrogens with one attached hydrogen (secondary N) is 2. The zero-order valence-electron chi connectivity index (χ0n) is 13.1. The van der Waals surface area contributed by atoms with Gasteiger partial charge in [-0.15, -0.1) is 11.3 Å². The van der Waals surface area contributed by atoms with Gasteiger partial charge in [-0.2, -0.15) is 0 Å². The van der Waals surface area contributed by atoms with Crippen molar-refractivity contribution in [3.05, 3.63) is 16.5 Å². The highest BCUT2D eigenvalue weighted by atomic mass is 32.2. The van der Waals surface area contributed by atoms with E-state index in [0.29, 0.717) is 16.8 Å². The molecule has 1 saturated carbocycles. The van der Waals surface area contributed by atoms with Crippen LogP contribution < -0.4 is 10.0 Å². The minimum absolute atomic E-state index is 0.111. The fourth-order valence-electron chi connectivity index (χ4n) is 2.23. The first kappa shape index (κ1) is 16.9. The van der Waals surface area contributed by atoms with Crippen molar-refractivity contribution in [3.63, 3.8) is 0 Å². The van der Waals surface area contributed by atoms with Gasteiger partial charge >= 0.3 is 0 Å². The van der Waals surface area contributed by atoms with E-state index in [-0.39, 0.29) is 6.04 Å². The molecule has 1 aromatic heterocycles. The van der Waals surface area contributed by atoms with Gasteiger partial charge in [0.25, 0.3) is 0 Å². The molecule has 2 rings (SSSR count). The molecule has 1 fully saturated rings. The number of hydrogen-bond acceptors (Lipinski definition) is 5. The van der Waals surface area contributed by atoms with Crippen LogP contribution in [0.4, 0.5) is 0 Å². The van der Waals surface area contributed by atoms with Crippen molar-refractivity contribution in [2.75, 3.05) is 20.6 Å². The Balaban J connectivity index is 2.03. The second-order valence-corrected chi connectivity index (χ2v) is 9.19. The zero-order valence-corrected chi connectivity index (χ0v) is 14.8. The molecule has 1 unspecified atom stereocenters. The highest BCUT2D eigenvalue weighted by molar-refractivity contribution is 7.91. The van der Waals surface area contributed by atoms with E-state index in [0.717, 1.165) is 17.0 Å². The van der Waals surface area contributed by atoms with Crippen LogP contribution in [-0.2, 0) is 16.6 Å². The molecule has 0 bridgehead atoms. The van der Waals surface area contributed by atoms with E-state index in [1.807, 2.05) is 32.8 Å². The van der Waals surface area contributed by atoms with Crippen molar-refractivity contribution >= 4 is 21.4 Å². The number of rotatable bonds is 8. The summed E-state index contributed by atoms with van der Waals surface area (Å²) in [5.74, 6) is 0. The van der Waals surface area contributed by atoms with Gasteiger partial charge in [0, 0.05) is 30.1 Å². The lowest BCUT2D eigenvalue weighted by Crippen LogP contribution is -2.39. The highest BCUT2D eigenvalue weighted by Gasteiger charge is 2.23. The van der Waals surface area contributed by atoms with E-state index in [1.165, 1.54) is 24.2 Å². The molecule has 0 aromatic carbocycles. The van der Waals surface area contributed by atoms with Gasteiger partial charge in [0.1, 0.15) is 4.21 Å². The number of hydrogen-bond donors (Lipinski definition) is 2. The molecule has 5 nitrogen and oxygen atoms in total. The molecule has 1 aliphatic rings. The minimum atomic E-state index is -3.42. The largest absolute Gasteiger partial charge is 0.309 e. The number of sulfonamides is 1. The lowest BCUT2D eigenvalue weighted by Gasteiger charge is -2.17. The minimum Gasteiger partial charge on any atom is -0.309 e. The van der Waals surface area contributed by atoms with E-state index in [9.17, 15) is 8.42 Å². The van der Waals surface area contributed by atoms with Crippen molar-refractivity contribution in [1.29, 1.82) is 0 Å². The average Bonchev–Trinajstić information content (AvgIpc) is 3.08. The SMILES string of the molecule is Cc1cc(S(=O)(=O)NC(C)CN(C)C)sc1CNC1CC1. The molecule has 21 heavy (non-hydrogen) atoms. The summed E-state index contributed by atoms with van der Waals surface area (Å²) in [4.78, 5) is 3.08. The predicted molar refractivity (Wildman–Crippen MR) is 87.3 cm³/mol. The van der Waals surface area contributed by atoms with E-state index in [1.54, 1.807) is 6.07 Å². The maximum absolute atomic E-state index is 12.4.